The highest BCUT2D eigenvalue weighted by molar-refractivity contribution is 5.83. The Bertz CT molecular complexity index is 672. The van der Waals surface area contributed by atoms with Crippen LogP contribution in [0.1, 0.15) is 45.6 Å². The molecule has 2 rings (SSSR count). The van der Waals surface area contributed by atoms with Gasteiger partial charge in [0.2, 0.25) is 11.8 Å². The van der Waals surface area contributed by atoms with Crippen LogP contribution in [-0.2, 0) is 9.59 Å². The molecule has 0 unspecified atom stereocenters. The molecule has 2 amide bonds. The van der Waals surface area contributed by atoms with Gasteiger partial charge in [0.05, 0.1) is 20.1 Å². The van der Waals surface area contributed by atoms with Crippen LogP contribution in [0.15, 0.2) is 18.2 Å². The van der Waals surface area contributed by atoms with Gasteiger partial charge < -0.3 is 19.7 Å². The highest BCUT2D eigenvalue weighted by Crippen LogP contribution is 2.39. The van der Waals surface area contributed by atoms with Crippen molar-refractivity contribution < 1.29 is 19.1 Å². The van der Waals surface area contributed by atoms with Gasteiger partial charge in [0.15, 0.2) is 0 Å². The third-order valence-corrected chi connectivity index (χ3v) is 4.86. The van der Waals surface area contributed by atoms with Gasteiger partial charge in [-0.2, -0.15) is 0 Å². The van der Waals surface area contributed by atoms with E-state index in [2.05, 4.69) is 5.32 Å². The summed E-state index contributed by atoms with van der Waals surface area (Å²) in [5.74, 6) is 1.32. The fraction of sp³-hybridized carbons (Fsp3) is 0.619. The molecule has 150 valence electrons. The minimum atomic E-state index is -0.315. The van der Waals surface area contributed by atoms with E-state index in [-0.39, 0.29) is 35.6 Å². The minimum Gasteiger partial charge on any atom is -0.497 e. The Morgan fingerprint density at radius 1 is 1.15 bits per heavy atom. The number of rotatable bonds is 7. The minimum absolute atomic E-state index is 0.0280. The molecule has 1 heterocycles. The molecule has 6 nitrogen and oxygen atoms in total. The van der Waals surface area contributed by atoms with E-state index in [9.17, 15) is 9.59 Å². The van der Waals surface area contributed by atoms with E-state index >= 15 is 0 Å². The summed E-state index contributed by atoms with van der Waals surface area (Å²) in [5, 5.41) is 3.00. The van der Waals surface area contributed by atoms with E-state index in [4.69, 9.17) is 9.47 Å². The average molecular weight is 376 g/mol. The second-order valence-electron chi connectivity index (χ2n) is 7.88. The summed E-state index contributed by atoms with van der Waals surface area (Å²) in [6.07, 6.45) is 0.487. The van der Waals surface area contributed by atoms with Crippen LogP contribution >= 0.6 is 0 Å². The first kappa shape index (κ1) is 21.1. The van der Waals surface area contributed by atoms with E-state index in [1.165, 1.54) is 0 Å². The molecule has 0 radical (unpaired) electrons. The molecule has 1 fully saturated rings. The van der Waals surface area contributed by atoms with Crippen molar-refractivity contribution in [3.05, 3.63) is 23.8 Å². The molecule has 1 aromatic rings. The van der Waals surface area contributed by atoms with Crippen molar-refractivity contribution >= 4 is 11.8 Å². The Hall–Kier alpha value is -2.24. The van der Waals surface area contributed by atoms with Crippen LogP contribution in [-0.4, -0.2) is 50.1 Å². The first-order chi connectivity index (χ1) is 12.8. The molecule has 1 N–H and O–H groups in total. The fourth-order valence-corrected chi connectivity index (χ4v) is 3.59. The van der Waals surface area contributed by atoms with E-state index in [1.807, 2.05) is 50.8 Å². The Labute approximate surface area is 162 Å². The van der Waals surface area contributed by atoms with Crippen LogP contribution in [0.2, 0.25) is 0 Å². The number of benzene rings is 1. The number of carbonyl (C=O) groups excluding carboxylic acids is 2. The monoisotopic (exact) mass is 376 g/mol. The van der Waals surface area contributed by atoms with Gasteiger partial charge in [-0.25, -0.2) is 0 Å². The number of nitrogens with zero attached hydrogens (tertiary/aromatic N) is 1. The van der Waals surface area contributed by atoms with Gasteiger partial charge in [-0.15, -0.1) is 0 Å². The zero-order valence-electron chi connectivity index (χ0n) is 17.2. The third-order valence-electron chi connectivity index (χ3n) is 4.86. The molecule has 0 bridgehead atoms. The average Bonchev–Trinajstić information content (AvgIpc) is 3.05. The lowest BCUT2D eigenvalue weighted by molar-refractivity contribution is -0.131. The molecule has 2 atom stereocenters. The van der Waals surface area contributed by atoms with Crippen LogP contribution in [0.4, 0.5) is 0 Å². The molecule has 0 saturated carbocycles. The number of carbonyl (C=O) groups is 2. The van der Waals surface area contributed by atoms with Gasteiger partial charge in [0.25, 0.3) is 0 Å². The zero-order chi connectivity index (χ0) is 20.1. The van der Waals surface area contributed by atoms with Crippen molar-refractivity contribution in [2.45, 2.75) is 46.1 Å². The van der Waals surface area contributed by atoms with Crippen LogP contribution in [0.25, 0.3) is 0 Å². The number of methoxy groups -OCH3 is 2. The van der Waals surface area contributed by atoms with E-state index in [0.29, 0.717) is 31.0 Å². The predicted molar refractivity (Wildman–Crippen MR) is 105 cm³/mol. The van der Waals surface area contributed by atoms with Gasteiger partial charge in [-0.1, -0.05) is 13.8 Å². The quantitative estimate of drug-likeness (QED) is 0.795. The summed E-state index contributed by atoms with van der Waals surface area (Å²) >= 11 is 0. The van der Waals surface area contributed by atoms with E-state index in [1.54, 1.807) is 14.2 Å². The highest BCUT2D eigenvalue weighted by atomic mass is 16.5. The lowest BCUT2D eigenvalue weighted by Crippen LogP contribution is -2.39. The Morgan fingerprint density at radius 3 is 2.41 bits per heavy atom. The molecule has 0 aromatic heterocycles. The molecular formula is C21H32N2O4. The molecule has 0 spiro atoms. The van der Waals surface area contributed by atoms with Gasteiger partial charge in [0.1, 0.15) is 11.5 Å². The smallest absolute Gasteiger partial charge is 0.225 e. The van der Waals surface area contributed by atoms with Gasteiger partial charge in [-0.05, 0) is 38.0 Å². The Morgan fingerprint density at radius 2 is 1.85 bits per heavy atom. The maximum atomic E-state index is 12.9. The van der Waals surface area contributed by atoms with Crippen molar-refractivity contribution in [3.63, 3.8) is 0 Å². The van der Waals surface area contributed by atoms with Crippen molar-refractivity contribution in [2.24, 2.45) is 11.8 Å². The van der Waals surface area contributed by atoms with Crippen molar-refractivity contribution in [1.29, 1.82) is 0 Å². The predicted octanol–water partition coefficient (Wildman–Crippen LogP) is 2.82. The number of nitrogens with one attached hydrogen (secondary N) is 1. The molecule has 27 heavy (non-hydrogen) atoms. The lowest BCUT2D eigenvalue weighted by atomic mass is 9.87. The number of likely N-dealkylation sites (tertiary alicyclic amines) is 1. The van der Waals surface area contributed by atoms with Gasteiger partial charge >= 0.3 is 0 Å². The van der Waals surface area contributed by atoms with Crippen molar-refractivity contribution in [3.8, 4) is 11.5 Å². The van der Waals surface area contributed by atoms with Gasteiger partial charge in [-0.3, -0.25) is 9.59 Å². The normalized spacial score (nSPS) is 19.5. The van der Waals surface area contributed by atoms with Gasteiger partial charge in [0, 0.05) is 37.0 Å². The van der Waals surface area contributed by atoms with E-state index < -0.39 is 0 Å². The summed E-state index contributed by atoms with van der Waals surface area (Å²) in [4.78, 5) is 27.3. The summed E-state index contributed by atoms with van der Waals surface area (Å²) in [6, 6.07) is 5.65. The van der Waals surface area contributed by atoms with Crippen molar-refractivity contribution in [1.82, 2.24) is 10.2 Å². The maximum Gasteiger partial charge on any atom is 0.225 e. The SMILES string of the molecule is COc1ccc(OC)c([C@@H]2CN(C(=O)CC(C)C)C[C@H]2C(=O)NC(C)C)c1. The molecular weight excluding hydrogens is 344 g/mol. The van der Waals surface area contributed by atoms with Crippen LogP contribution in [0.5, 0.6) is 11.5 Å². The first-order valence-electron chi connectivity index (χ1n) is 9.56. The second kappa shape index (κ2) is 9.11. The third kappa shape index (κ3) is 5.15. The topological polar surface area (TPSA) is 67.9 Å². The number of hydrogen-bond donors (Lipinski definition) is 1. The van der Waals surface area contributed by atoms with Crippen LogP contribution in [0, 0.1) is 11.8 Å². The molecule has 1 aliphatic heterocycles. The number of amides is 2. The highest BCUT2D eigenvalue weighted by Gasteiger charge is 2.41. The largest absolute Gasteiger partial charge is 0.497 e. The molecule has 1 saturated heterocycles. The zero-order valence-corrected chi connectivity index (χ0v) is 17.2. The fourth-order valence-electron chi connectivity index (χ4n) is 3.59. The second-order valence-corrected chi connectivity index (χ2v) is 7.88. The van der Waals surface area contributed by atoms with Crippen molar-refractivity contribution in [2.75, 3.05) is 27.3 Å². The molecule has 0 aliphatic carbocycles. The molecule has 1 aliphatic rings. The van der Waals surface area contributed by atoms with E-state index in [0.717, 1.165) is 5.56 Å². The number of ether oxygens (including phenoxy) is 2. The first-order valence-corrected chi connectivity index (χ1v) is 9.56. The summed E-state index contributed by atoms with van der Waals surface area (Å²) in [5.41, 5.74) is 0.903. The Kier molecular flexibility index (Phi) is 7.11. The number of hydrogen-bond acceptors (Lipinski definition) is 4. The molecule has 6 heteroatoms. The molecule has 1 aromatic carbocycles. The lowest BCUT2D eigenvalue weighted by Gasteiger charge is -2.22. The Balaban J connectivity index is 2.37. The van der Waals surface area contributed by atoms with Crippen LogP contribution in [0.3, 0.4) is 0 Å². The summed E-state index contributed by atoms with van der Waals surface area (Å²) in [6.45, 7) is 8.87. The summed E-state index contributed by atoms with van der Waals surface area (Å²) in [7, 11) is 3.23. The summed E-state index contributed by atoms with van der Waals surface area (Å²) < 4.78 is 10.9. The standard InChI is InChI=1S/C21H32N2O4/c1-13(2)9-20(24)23-11-17(18(12-23)21(25)22-14(3)4)16-10-15(26-5)7-8-19(16)27-6/h7-8,10,13-14,17-18H,9,11-12H2,1-6H3,(H,22,25)/t17-,18+/m0/s1. The van der Waals surface area contributed by atoms with Crippen LogP contribution < -0.4 is 14.8 Å². The maximum absolute atomic E-state index is 12.9.